The van der Waals surface area contributed by atoms with Gasteiger partial charge in [0.25, 0.3) is 0 Å². The molecule has 4 rings (SSSR count). The number of fused-ring (bicyclic) bond motifs is 2. The standard InChI is InChI=1S/C18H15NS/c1-2-7-14(8-3-1)18-16-10-6-12-19(16)13-15-9-4-5-11-17(15)20-18/h1-12,18H,13H2. The van der Waals surface area contributed by atoms with Gasteiger partial charge in [-0.2, -0.15) is 0 Å². The van der Waals surface area contributed by atoms with Gasteiger partial charge in [0.15, 0.2) is 0 Å². The summed E-state index contributed by atoms with van der Waals surface area (Å²) in [6.07, 6.45) is 2.19. The van der Waals surface area contributed by atoms with Crippen LogP contribution >= 0.6 is 11.8 Å². The Labute approximate surface area is 123 Å². The van der Waals surface area contributed by atoms with Crippen molar-refractivity contribution >= 4 is 11.8 Å². The number of hydrogen-bond donors (Lipinski definition) is 0. The summed E-state index contributed by atoms with van der Waals surface area (Å²) in [4.78, 5) is 1.39. The summed E-state index contributed by atoms with van der Waals surface area (Å²) in [6, 6.07) is 23.9. The molecule has 20 heavy (non-hydrogen) atoms. The van der Waals surface area contributed by atoms with Gasteiger partial charge in [-0.15, -0.1) is 11.8 Å². The van der Waals surface area contributed by atoms with Crippen molar-refractivity contribution in [2.45, 2.75) is 16.7 Å². The molecule has 0 bridgehead atoms. The second-order valence-corrected chi connectivity index (χ2v) is 6.22. The van der Waals surface area contributed by atoms with Crippen LogP contribution in [0.4, 0.5) is 0 Å². The van der Waals surface area contributed by atoms with E-state index >= 15 is 0 Å². The second-order valence-electron chi connectivity index (χ2n) is 5.08. The molecule has 0 fully saturated rings. The molecule has 98 valence electrons. The molecule has 0 aliphatic carbocycles. The number of rotatable bonds is 1. The maximum atomic E-state index is 2.37. The van der Waals surface area contributed by atoms with E-state index in [1.807, 2.05) is 11.8 Å². The van der Waals surface area contributed by atoms with Crippen LogP contribution in [0, 0.1) is 0 Å². The third kappa shape index (κ3) is 1.97. The van der Waals surface area contributed by atoms with Gasteiger partial charge in [0.05, 0.1) is 5.25 Å². The van der Waals surface area contributed by atoms with Crippen LogP contribution < -0.4 is 0 Å². The number of aromatic nitrogens is 1. The highest BCUT2D eigenvalue weighted by Gasteiger charge is 2.23. The van der Waals surface area contributed by atoms with E-state index in [4.69, 9.17) is 0 Å². The number of hydrogen-bond acceptors (Lipinski definition) is 1. The van der Waals surface area contributed by atoms with Crippen LogP contribution in [0.5, 0.6) is 0 Å². The van der Waals surface area contributed by atoms with Crippen LogP contribution in [0.1, 0.15) is 22.1 Å². The van der Waals surface area contributed by atoms with E-state index in [0.717, 1.165) is 6.54 Å². The highest BCUT2D eigenvalue weighted by Crippen LogP contribution is 2.44. The Kier molecular flexibility index (Phi) is 2.89. The minimum Gasteiger partial charge on any atom is -0.346 e. The quantitative estimate of drug-likeness (QED) is 0.622. The molecule has 0 radical (unpaired) electrons. The smallest absolute Gasteiger partial charge is 0.0746 e. The molecule has 1 unspecified atom stereocenters. The number of nitrogens with zero attached hydrogens (tertiary/aromatic N) is 1. The lowest BCUT2D eigenvalue weighted by molar-refractivity contribution is 0.754. The maximum Gasteiger partial charge on any atom is 0.0746 e. The van der Waals surface area contributed by atoms with E-state index in [-0.39, 0.29) is 0 Å². The molecule has 0 N–H and O–H groups in total. The third-order valence-electron chi connectivity index (χ3n) is 3.79. The Hall–Kier alpha value is -1.93. The maximum absolute atomic E-state index is 2.37. The fourth-order valence-corrected chi connectivity index (χ4v) is 4.12. The fraction of sp³-hybridized carbons (Fsp3) is 0.111. The van der Waals surface area contributed by atoms with Crippen molar-refractivity contribution in [1.82, 2.24) is 4.57 Å². The number of benzene rings is 2. The molecule has 0 saturated heterocycles. The van der Waals surface area contributed by atoms with Crippen molar-refractivity contribution in [2.24, 2.45) is 0 Å². The van der Waals surface area contributed by atoms with Crippen molar-refractivity contribution in [3.05, 3.63) is 89.7 Å². The largest absolute Gasteiger partial charge is 0.346 e. The van der Waals surface area contributed by atoms with E-state index in [1.54, 1.807) is 0 Å². The van der Waals surface area contributed by atoms with Crippen LogP contribution in [0.25, 0.3) is 0 Å². The molecule has 2 aromatic carbocycles. The molecular formula is C18H15NS. The SMILES string of the molecule is c1ccc(C2Sc3ccccc3Cn3cccc32)cc1. The molecule has 1 aromatic heterocycles. The molecule has 0 amide bonds. The van der Waals surface area contributed by atoms with Crippen LogP contribution in [-0.4, -0.2) is 4.57 Å². The Morgan fingerprint density at radius 1 is 0.850 bits per heavy atom. The minimum atomic E-state index is 0.370. The van der Waals surface area contributed by atoms with Gasteiger partial charge in [0.1, 0.15) is 0 Å². The summed E-state index contributed by atoms with van der Waals surface area (Å²) in [5.41, 5.74) is 4.17. The van der Waals surface area contributed by atoms with E-state index in [0.29, 0.717) is 5.25 Å². The zero-order valence-electron chi connectivity index (χ0n) is 11.1. The van der Waals surface area contributed by atoms with Crippen molar-refractivity contribution in [1.29, 1.82) is 0 Å². The fourth-order valence-electron chi connectivity index (χ4n) is 2.80. The lowest BCUT2D eigenvalue weighted by Gasteiger charge is -2.16. The van der Waals surface area contributed by atoms with E-state index < -0.39 is 0 Å². The van der Waals surface area contributed by atoms with Gasteiger partial charge in [0.2, 0.25) is 0 Å². The highest BCUT2D eigenvalue weighted by atomic mass is 32.2. The lowest BCUT2D eigenvalue weighted by atomic mass is 10.1. The Balaban J connectivity index is 1.88. The summed E-state index contributed by atoms with van der Waals surface area (Å²) in [6.45, 7) is 0.967. The predicted octanol–water partition coefficient (Wildman–Crippen LogP) is 4.73. The zero-order valence-corrected chi connectivity index (χ0v) is 11.9. The van der Waals surface area contributed by atoms with Gasteiger partial charge in [-0.1, -0.05) is 48.5 Å². The summed E-state index contributed by atoms with van der Waals surface area (Å²) in [7, 11) is 0. The van der Waals surface area contributed by atoms with Crippen LogP contribution in [0.2, 0.25) is 0 Å². The van der Waals surface area contributed by atoms with Gasteiger partial charge in [-0.3, -0.25) is 0 Å². The third-order valence-corrected chi connectivity index (χ3v) is 5.20. The minimum absolute atomic E-state index is 0.370. The molecule has 3 aromatic rings. The first kappa shape index (κ1) is 11.9. The van der Waals surface area contributed by atoms with E-state index in [1.165, 1.54) is 21.7 Å². The van der Waals surface area contributed by atoms with Gasteiger partial charge >= 0.3 is 0 Å². The van der Waals surface area contributed by atoms with Gasteiger partial charge < -0.3 is 4.57 Å². The summed E-state index contributed by atoms with van der Waals surface area (Å²) in [5.74, 6) is 0. The van der Waals surface area contributed by atoms with E-state index in [9.17, 15) is 0 Å². The Morgan fingerprint density at radius 2 is 1.65 bits per heavy atom. The molecular weight excluding hydrogens is 262 g/mol. The van der Waals surface area contributed by atoms with Crippen molar-refractivity contribution in [2.75, 3.05) is 0 Å². The molecule has 2 heterocycles. The summed E-state index contributed by atoms with van der Waals surface area (Å²) in [5, 5.41) is 0.370. The molecule has 1 atom stereocenters. The molecule has 0 spiro atoms. The zero-order chi connectivity index (χ0) is 13.4. The highest BCUT2D eigenvalue weighted by molar-refractivity contribution is 7.99. The van der Waals surface area contributed by atoms with Gasteiger partial charge in [-0.05, 0) is 29.3 Å². The lowest BCUT2D eigenvalue weighted by Crippen LogP contribution is -2.04. The molecule has 1 nitrogen and oxygen atoms in total. The molecule has 2 heteroatoms. The predicted molar refractivity (Wildman–Crippen MR) is 84.1 cm³/mol. The Morgan fingerprint density at radius 3 is 2.55 bits per heavy atom. The topological polar surface area (TPSA) is 4.93 Å². The van der Waals surface area contributed by atoms with Crippen LogP contribution in [0.3, 0.4) is 0 Å². The van der Waals surface area contributed by atoms with Gasteiger partial charge in [-0.25, -0.2) is 0 Å². The summed E-state index contributed by atoms with van der Waals surface area (Å²) < 4.78 is 2.37. The van der Waals surface area contributed by atoms with Gasteiger partial charge in [0, 0.05) is 23.3 Å². The number of thioether (sulfide) groups is 1. The van der Waals surface area contributed by atoms with Crippen LogP contribution in [0.15, 0.2) is 77.8 Å². The normalized spacial score (nSPS) is 17.1. The monoisotopic (exact) mass is 277 g/mol. The second kappa shape index (κ2) is 4.88. The first-order valence-corrected chi connectivity index (χ1v) is 7.74. The van der Waals surface area contributed by atoms with Crippen molar-refractivity contribution < 1.29 is 0 Å². The van der Waals surface area contributed by atoms with Crippen molar-refractivity contribution in [3.8, 4) is 0 Å². The van der Waals surface area contributed by atoms with Crippen LogP contribution in [-0.2, 0) is 6.54 Å². The van der Waals surface area contributed by atoms with Crippen molar-refractivity contribution in [3.63, 3.8) is 0 Å². The molecule has 1 aliphatic heterocycles. The first-order valence-electron chi connectivity index (χ1n) is 6.86. The molecule has 1 aliphatic rings. The molecule has 0 saturated carbocycles. The van der Waals surface area contributed by atoms with E-state index in [2.05, 4.69) is 77.5 Å². The average Bonchev–Trinajstić information content (AvgIpc) is 2.89. The summed E-state index contributed by atoms with van der Waals surface area (Å²) >= 11 is 1.96. The first-order chi connectivity index (χ1) is 9.92. The Bertz CT molecular complexity index is 730. The average molecular weight is 277 g/mol.